The van der Waals surface area contributed by atoms with Gasteiger partial charge in [-0.3, -0.25) is 9.59 Å². The van der Waals surface area contributed by atoms with Crippen molar-refractivity contribution in [2.45, 2.75) is 56.6 Å². The summed E-state index contributed by atoms with van der Waals surface area (Å²) in [6.45, 7) is 1.53. The van der Waals surface area contributed by atoms with Crippen molar-refractivity contribution in [2.24, 2.45) is 11.5 Å². The van der Waals surface area contributed by atoms with Crippen molar-refractivity contribution >= 4 is 11.8 Å². The van der Waals surface area contributed by atoms with E-state index in [4.69, 9.17) is 20.9 Å². The highest BCUT2D eigenvalue weighted by Crippen LogP contribution is 2.22. The molecule has 0 aromatic rings. The number of rotatable bonds is 5. The average molecular weight is 292 g/mol. The molecule has 0 saturated carbocycles. The number of ether oxygens (including phenoxy) is 2. The summed E-state index contributed by atoms with van der Waals surface area (Å²) in [6.07, 6.45) is -8.13. The van der Waals surface area contributed by atoms with Crippen LogP contribution in [0.25, 0.3) is 0 Å². The lowest BCUT2D eigenvalue weighted by atomic mass is 10.0. The van der Waals surface area contributed by atoms with Crippen molar-refractivity contribution < 1.29 is 34.4 Å². The zero-order chi connectivity index (χ0) is 15.4. The van der Waals surface area contributed by atoms with E-state index in [0.717, 1.165) is 0 Å². The van der Waals surface area contributed by atoms with Gasteiger partial charge in [0, 0.05) is 6.42 Å². The molecular formula is C11H20N2O7. The predicted molar refractivity (Wildman–Crippen MR) is 64.9 cm³/mol. The maximum Gasteiger partial charge on any atom is 0.249 e. The molecule has 7 N–H and O–H groups in total. The SMILES string of the molecule is CC(CC(N)=O)O[C@@H]1OC(C(N)=O)[C@@H](O)C(O)CC1O. The molecule has 0 radical (unpaired) electrons. The first-order valence-electron chi connectivity index (χ1n) is 6.15. The van der Waals surface area contributed by atoms with Crippen molar-refractivity contribution in [1.82, 2.24) is 0 Å². The van der Waals surface area contributed by atoms with Crippen LogP contribution in [0.5, 0.6) is 0 Å². The van der Waals surface area contributed by atoms with E-state index in [-0.39, 0.29) is 12.8 Å². The van der Waals surface area contributed by atoms with Crippen LogP contribution in [-0.2, 0) is 19.1 Å². The fourth-order valence-corrected chi connectivity index (χ4v) is 1.93. The molecule has 0 aliphatic carbocycles. The van der Waals surface area contributed by atoms with Gasteiger partial charge < -0.3 is 36.3 Å². The summed E-state index contributed by atoms with van der Waals surface area (Å²) in [7, 11) is 0. The van der Waals surface area contributed by atoms with Gasteiger partial charge in [0.1, 0.15) is 12.2 Å². The molecule has 1 heterocycles. The van der Waals surface area contributed by atoms with Gasteiger partial charge in [0.25, 0.3) is 0 Å². The molecule has 1 saturated heterocycles. The van der Waals surface area contributed by atoms with Crippen LogP contribution in [0.2, 0.25) is 0 Å². The second-order valence-electron chi connectivity index (χ2n) is 4.81. The summed E-state index contributed by atoms with van der Waals surface area (Å²) in [5, 5.41) is 29.1. The van der Waals surface area contributed by atoms with Crippen LogP contribution in [-0.4, -0.2) is 63.9 Å². The Morgan fingerprint density at radius 3 is 2.40 bits per heavy atom. The zero-order valence-corrected chi connectivity index (χ0v) is 11.0. The zero-order valence-electron chi connectivity index (χ0n) is 11.0. The maximum absolute atomic E-state index is 11.2. The van der Waals surface area contributed by atoms with Gasteiger partial charge in [0.2, 0.25) is 11.8 Å². The van der Waals surface area contributed by atoms with E-state index >= 15 is 0 Å². The van der Waals surface area contributed by atoms with Crippen LogP contribution >= 0.6 is 0 Å². The Kier molecular flexibility index (Phi) is 5.84. The standard InChI is InChI=1S/C11H20N2O7/c1-4(2-7(12)16)19-11-6(15)3-5(14)8(17)9(20-11)10(13)18/h4-6,8-9,11,14-15,17H,2-3H2,1H3,(H2,12,16)(H2,13,18)/t4?,5?,6?,8-,9?,11+/m0/s1. The lowest BCUT2D eigenvalue weighted by Gasteiger charge is -2.26. The quantitative estimate of drug-likeness (QED) is 0.359. The molecule has 116 valence electrons. The summed E-state index contributed by atoms with van der Waals surface area (Å²) in [5.41, 5.74) is 10.1. The summed E-state index contributed by atoms with van der Waals surface area (Å²) >= 11 is 0. The van der Waals surface area contributed by atoms with Crippen LogP contribution in [0.1, 0.15) is 19.8 Å². The third-order valence-corrected chi connectivity index (χ3v) is 2.92. The third kappa shape index (κ3) is 4.39. The van der Waals surface area contributed by atoms with E-state index in [1.54, 1.807) is 0 Å². The van der Waals surface area contributed by atoms with Gasteiger partial charge in [-0.2, -0.15) is 0 Å². The van der Waals surface area contributed by atoms with Gasteiger partial charge in [-0.25, -0.2) is 0 Å². The molecule has 6 atom stereocenters. The highest BCUT2D eigenvalue weighted by atomic mass is 16.7. The Labute approximate surface area is 115 Å². The molecule has 1 aliphatic rings. The Morgan fingerprint density at radius 2 is 1.90 bits per heavy atom. The fourth-order valence-electron chi connectivity index (χ4n) is 1.93. The summed E-state index contributed by atoms with van der Waals surface area (Å²) in [5.74, 6) is -1.60. The van der Waals surface area contributed by atoms with E-state index in [1.165, 1.54) is 6.92 Å². The van der Waals surface area contributed by atoms with Gasteiger partial charge >= 0.3 is 0 Å². The smallest absolute Gasteiger partial charge is 0.249 e. The molecule has 1 fully saturated rings. The third-order valence-electron chi connectivity index (χ3n) is 2.92. The molecule has 0 bridgehead atoms. The second kappa shape index (κ2) is 6.95. The van der Waals surface area contributed by atoms with Crippen molar-refractivity contribution in [3.63, 3.8) is 0 Å². The normalized spacial score (nSPS) is 36.1. The Bertz CT molecular complexity index is 365. The average Bonchev–Trinajstić information content (AvgIpc) is 2.40. The Morgan fingerprint density at radius 1 is 1.30 bits per heavy atom. The summed E-state index contributed by atoms with van der Waals surface area (Å²) < 4.78 is 10.4. The van der Waals surface area contributed by atoms with Gasteiger partial charge in [0.15, 0.2) is 12.4 Å². The summed E-state index contributed by atoms with van der Waals surface area (Å²) in [4.78, 5) is 22.0. The number of aliphatic hydroxyl groups is 3. The highest BCUT2D eigenvalue weighted by Gasteiger charge is 2.41. The lowest BCUT2D eigenvalue weighted by Crippen LogP contribution is -2.47. The van der Waals surface area contributed by atoms with E-state index in [2.05, 4.69) is 0 Å². The molecule has 0 aromatic heterocycles. The van der Waals surface area contributed by atoms with E-state index < -0.39 is 48.6 Å². The van der Waals surface area contributed by atoms with Gasteiger partial charge in [-0.1, -0.05) is 0 Å². The number of primary amides is 2. The largest absolute Gasteiger partial charge is 0.390 e. The van der Waals surface area contributed by atoms with Crippen LogP contribution < -0.4 is 11.5 Å². The van der Waals surface area contributed by atoms with Crippen LogP contribution in [0.3, 0.4) is 0 Å². The van der Waals surface area contributed by atoms with Crippen LogP contribution in [0.15, 0.2) is 0 Å². The van der Waals surface area contributed by atoms with Crippen molar-refractivity contribution in [3.8, 4) is 0 Å². The molecule has 1 rings (SSSR count). The number of carbonyl (C=O) groups excluding carboxylic acids is 2. The first kappa shape index (κ1) is 16.8. The van der Waals surface area contributed by atoms with Crippen LogP contribution in [0, 0.1) is 0 Å². The number of nitrogens with two attached hydrogens (primary N) is 2. The van der Waals surface area contributed by atoms with Gasteiger partial charge in [-0.05, 0) is 6.92 Å². The molecular weight excluding hydrogens is 272 g/mol. The minimum atomic E-state index is -1.57. The lowest BCUT2D eigenvalue weighted by molar-refractivity contribution is -0.232. The molecule has 0 spiro atoms. The summed E-state index contributed by atoms with van der Waals surface area (Å²) in [6, 6.07) is 0. The Hall–Kier alpha value is -1.26. The van der Waals surface area contributed by atoms with Crippen LogP contribution in [0.4, 0.5) is 0 Å². The molecule has 20 heavy (non-hydrogen) atoms. The molecule has 4 unspecified atom stereocenters. The van der Waals surface area contributed by atoms with Crippen molar-refractivity contribution in [3.05, 3.63) is 0 Å². The molecule has 9 heteroatoms. The minimum Gasteiger partial charge on any atom is -0.390 e. The van der Waals surface area contributed by atoms with Crippen molar-refractivity contribution in [2.75, 3.05) is 0 Å². The number of hydrogen-bond acceptors (Lipinski definition) is 7. The fraction of sp³-hybridized carbons (Fsp3) is 0.818. The van der Waals surface area contributed by atoms with E-state index in [1.807, 2.05) is 0 Å². The predicted octanol–water partition coefficient (Wildman–Crippen LogP) is -3.05. The number of aliphatic hydroxyl groups excluding tert-OH is 3. The first-order valence-corrected chi connectivity index (χ1v) is 6.15. The number of hydrogen-bond donors (Lipinski definition) is 5. The van der Waals surface area contributed by atoms with Gasteiger partial charge in [0.05, 0.1) is 18.6 Å². The topological polar surface area (TPSA) is 165 Å². The second-order valence-corrected chi connectivity index (χ2v) is 4.81. The number of carbonyl (C=O) groups is 2. The van der Waals surface area contributed by atoms with Crippen molar-refractivity contribution in [1.29, 1.82) is 0 Å². The first-order chi connectivity index (χ1) is 9.22. The van der Waals surface area contributed by atoms with Gasteiger partial charge in [-0.15, -0.1) is 0 Å². The molecule has 0 aromatic carbocycles. The van der Waals surface area contributed by atoms with E-state index in [9.17, 15) is 24.9 Å². The monoisotopic (exact) mass is 292 g/mol. The molecule has 1 aliphatic heterocycles. The Balaban J connectivity index is 2.78. The minimum absolute atomic E-state index is 0.112. The maximum atomic E-state index is 11.2. The highest BCUT2D eigenvalue weighted by molar-refractivity contribution is 5.79. The molecule has 9 nitrogen and oxygen atoms in total. The number of amides is 2. The molecule has 2 amide bonds. The van der Waals surface area contributed by atoms with E-state index in [0.29, 0.717) is 0 Å².